The van der Waals surface area contributed by atoms with Crippen molar-refractivity contribution in [2.24, 2.45) is 5.90 Å². The number of anilines is 1. The number of morpholine rings is 1. The van der Waals surface area contributed by atoms with Crippen LogP contribution in [-0.2, 0) is 9.57 Å². The van der Waals surface area contributed by atoms with Crippen LogP contribution in [0.5, 0.6) is 0 Å². The first kappa shape index (κ1) is 12.3. The van der Waals surface area contributed by atoms with Crippen molar-refractivity contribution in [2.45, 2.75) is 0 Å². The number of hydrogen-bond donors (Lipinski definition) is 2. The molecule has 1 fully saturated rings. The molecule has 0 atom stereocenters. The maximum atomic E-state index is 7.63. The van der Waals surface area contributed by atoms with Gasteiger partial charge in [-0.2, -0.15) is 5.90 Å². The fourth-order valence-corrected chi connectivity index (χ4v) is 2.02. The van der Waals surface area contributed by atoms with Crippen molar-refractivity contribution in [3.63, 3.8) is 0 Å². The first-order chi connectivity index (χ1) is 8.22. The van der Waals surface area contributed by atoms with Crippen LogP contribution in [-0.4, -0.2) is 37.2 Å². The largest absolute Gasteiger partial charge is 0.389 e. The molecule has 92 valence electrons. The Hall–Kier alpha value is -1.18. The molecule has 17 heavy (non-hydrogen) atoms. The molecule has 0 aliphatic carbocycles. The third-order valence-electron chi connectivity index (χ3n) is 2.52. The van der Waals surface area contributed by atoms with Gasteiger partial charge in [0.2, 0.25) is 0 Å². The number of nitrogens with one attached hydrogen (secondary N) is 1. The zero-order valence-electron chi connectivity index (χ0n) is 9.15. The van der Waals surface area contributed by atoms with Gasteiger partial charge in [0.25, 0.3) is 5.90 Å². The van der Waals surface area contributed by atoms with Gasteiger partial charge in [0.15, 0.2) is 0 Å². The van der Waals surface area contributed by atoms with Gasteiger partial charge in [0, 0.05) is 23.8 Å². The number of aromatic nitrogens is 1. The van der Waals surface area contributed by atoms with Crippen molar-refractivity contribution in [3.8, 4) is 0 Å². The zero-order chi connectivity index (χ0) is 12.3. The van der Waals surface area contributed by atoms with E-state index in [0.29, 0.717) is 18.9 Å². The Morgan fingerprint density at radius 2 is 2.24 bits per heavy atom. The lowest BCUT2D eigenvalue weighted by molar-refractivity contribution is 0.122. The highest BCUT2D eigenvalue weighted by Gasteiger charge is 2.19. The monoisotopic (exact) mass is 300 g/mol. The minimum Gasteiger partial charge on any atom is -0.389 e. The molecule has 2 rings (SSSR count). The first-order valence-electron chi connectivity index (χ1n) is 5.16. The second-order valence-electron chi connectivity index (χ2n) is 3.57. The Labute approximate surface area is 107 Å². The van der Waals surface area contributed by atoms with Crippen molar-refractivity contribution in [2.75, 3.05) is 31.2 Å². The van der Waals surface area contributed by atoms with Gasteiger partial charge in [-0.1, -0.05) is 0 Å². The highest BCUT2D eigenvalue weighted by atomic mass is 79.9. The average Bonchev–Trinajstić information content (AvgIpc) is 2.39. The fourth-order valence-electron chi connectivity index (χ4n) is 1.70. The summed E-state index contributed by atoms with van der Waals surface area (Å²) in [6.07, 6.45) is 1.62. The van der Waals surface area contributed by atoms with Crippen LogP contribution in [0.1, 0.15) is 5.69 Å². The molecule has 2 heterocycles. The van der Waals surface area contributed by atoms with E-state index in [1.165, 1.54) is 0 Å². The van der Waals surface area contributed by atoms with E-state index in [-0.39, 0.29) is 5.90 Å². The number of pyridine rings is 1. The van der Waals surface area contributed by atoms with Gasteiger partial charge in [-0.3, -0.25) is 5.41 Å². The molecule has 0 amide bonds. The van der Waals surface area contributed by atoms with Crippen molar-refractivity contribution < 1.29 is 9.57 Å². The molecule has 3 N–H and O–H groups in total. The van der Waals surface area contributed by atoms with Crippen LogP contribution in [0.3, 0.4) is 0 Å². The second-order valence-corrected chi connectivity index (χ2v) is 4.48. The maximum absolute atomic E-state index is 7.63. The molecule has 0 unspecified atom stereocenters. The van der Waals surface area contributed by atoms with Gasteiger partial charge in [0.05, 0.1) is 18.9 Å². The summed E-state index contributed by atoms with van der Waals surface area (Å²) in [7, 11) is 0. The number of ether oxygens (including phenoxy) is 1. The lowest BCUT2D eigenvalue weighted by Gasteiger charge is -2.29. The highest BCUT2D eigenvalue weighted by molar-refractivity contribution is 9.10. The van der Waals surface area contributed by atoms with E-state index < -0.39 is 0 Å². The van der Waals surface area contributed by atoms with Crippen LogP contribution >= 0.6 is 15.9 Å². The minimum absolute atomic E-state index is 0.140. The molecular weight excluding hydrogens is 288 g/mol. The molecule has 0 aromatic carbocycles. The van der Waals surface area contributed by atoms with E-state index in [0.717, 1.165) is 23.2 Å². The average molecular weight is 301 g/mol. The molecule has 0 spiro atoms. The van der Waals surface area contributed by atoms with Gasteiger partial charge >= 0.3 is 0 Å². The van der Waals surface area contributed by atoms with Crippen LogP contribution in [0.4, 0.5) is 5.69 Å². The molecular formula is C10H13BrN4O2. The predicted molar refractivity (Wildman–Crippen MR) is 67.1 cm³/mol. The topological polar surface area (TPSA) is 84.5 Å². The number of nitrogens with zero attached hydrogens (tertiary/aromatic N) is 2. The second kappa shape index (κ2) is 5.44. The Balaban J connectivity index is 2.35. The van der Waals surface area contributed by atoms with Gasteiger partial charge in [-0.05, 0) is 22.0 Å². The number of rotatable bonds is 2. The molecule has 0 bridgehead atoms. The molecule has 6 nitrogen and oxygen atoms in total. The van der Waals surface area contributed by atoms with Crippen molar-refractivity contribution >= 4 is 27.5 Å². The quantitative estimate of drug-likeness (QED) is 0.481. The molecule has 1 saturated heterocycles. The number of hydrogen-bond acceptors (Lipinski definition) is 6. The van der Waals surface area contributed by atoms with Crippen molar-refractivity contribution in [3.05, 3.63) is 22.4 Å². The SMILES string of the molecule is N=C(ON)c1ncc(Br)cc1N1CCOCC1. The van der Waals surface area contributed by atoms with Gasteiger partial charge in [-0.15, -0.1) is 0 Å². The summed E-state index contributed by atoms with van der Waals surface area (Å²) in [4.78, 5) is 10.7. The van der Waals surface area contributed by atoms with Crippen LogP contribution in [0, 0.1) is 5.41 Å². The number of halogens is 1. The summed E-state index contributed by atoms with van der Waals surface area (Å²) in [5, 5.41) is 7.63. The summed E-state index contributed by atoms with van der Waals surface area (Å²) >= 11 is 3.37. The van der Waals surface area contributed by atoms with Crippen LogP contribution in [0.2, 0.25) is 0 Å². The summed E-state index contributed by atoms with van der Waals surface area (Å²) in [5.74, 6) is 4.88. The zero-order valence-corrected chi connectivity index (χ0v) is 10.7. The standard InChI is InChI=1S/C10H13BrN4O2/c11-7-5-8(15-1-3-16-4-2-15)9(14-6-7)10(12)17-13/h5-6,12H,1-4,13H2. The van der Waals surface area contributed by atoms with Crippen LogP contribution < -0.4 is 10.8 Å². The van der Waals surface area contributed by atoms with E-state index in [1.807, 2.05) is 6.07 Å². The van der Waals surface area contributed by atoms with Crippen LogP contribution in [0.15, 0.2) is 16.7 Å². The normalized spacial score (nSPS) is 15.8. The predicted octanol–water partition coefficient (Wildman–Crippen LogP) is 0.896. The lowest BCUT2D eigenvalue weighted by Crippen LogP contribution is -2.37. The highest BCUT2D eigenvalue weighted by Crippen LogP contribution is 2.24. The van der Waals surface area contributed by atoms with Crippen LogP contribution in [0.25, 0.3) is 0 Å². The molecule has 0 radical (unpaired) electrons. The summed E-state index contributed by atoms with van der Waals surface area (Å²) in [6, 6.07) is 1.90. The van der Waals surface area contributed by atoms with Gasteiger partial charge in [-0.25, -0.2) is 4.98 Å². The Morgan fingerprint density at radius 1 is 1.53 bits per heavy atom. The maximum Gasteiger partial charge on any atom is 0.258 e. The minimum atomic E-state index is -0.140. The van der Waals surface area contributed by atoms with E-state index in [4.69, 9.17) is 16.0 Å². The van der Waals surface area contributed by atoms with E-state index in [9.17, 15) is 0 Å². The lowest BCUT2D eigenvalue weighted by atomic mass is 10.2. The molecule has 1 aliphatic heterocycles. The molecule has 1 aliphatic rings. The van der Waals surface area contributed by atoms with Gasteiger partial charge < -0.3 is 14.5 Å². The Kier molecular flexibility index (Phi) is 3.93. The van der Waals surface area contributed by atoms with E-state index in [1.54, 1.807) is 6.20 Å². The molecule has 1 aromatic heterocycles. The molecule has 1 aromatic rings. The third-order valence-corrected chi connectivity index (χ3v) is 2.95. The summed E-state index contributed by atoms with van der Waals surface area (Å²) < 4.78 is 6.15. The molecule has 0 saturated carbocycles. The number of nitrogens with two attached hydrogens (primary N) is 1. The smallest absolute Gasteiger partial charge is 0.258 e. The third kappa shape index (κ3) is 2.74. The van der Waals surface area contributed by atoms with Gasteiger partial charge in [0.1, 0.15) is 5.69 Å². The first-order valence-corrected chi connectivity index (χ1v) is 5.95. The summed E-state index contributed by atoms with van der Waals surface area (Å²) in [6.45, 7) is 2.87. The Morgan fingerprint density at radius 3 is 2.88 bits per heavy atom. The van der Waals surface area contributed by atoms with Crippen molar-refractivity contribution in [1.29, 1.82) is 5.41 Å². The fraction of sp³-hybridized carbons (Fsp3) is 0.400. The Bertz CT molecular complexity index is 421. The van der Waals surface area contributed by atoms with E-state index in [2.05, 4.69) is 30.7 Å². The van der Waals surface area contributed by atoms with Crippen molar-refractivity contribution in [1.82, 2.24) is 4.98 Å². The van der Waals surface area contributed by atoms with E-state index >= 15 is 0 Å². The summed E-state index contributed by atoms with van der Waals surface area (Å²) in [5.41, 5.74) is 1.27. The molecule has 7 heteroatoms.